The third kappa shape index (κ3) is 1.78. The molecule has 1 aliphatic carbocycles. The van der Waals surface area contributed by atoms with E-state index in [-0.39, 0.29) is 5.92 Å². The zero-order valence-electron chi connectivity index (χ0n) is 11.2. The van der Waals surface area contributed by atoms with Crippen LogP contribution in [0.4, 0.5) is 10.5 Å². The third-order valence-electron chi connectivity index (χ3n) is 4.72. The van der Waals surface area contributed by atoms with Crippen molar-refractivity contribution < 1.29 is 9.90 Å². The van der Waals surface area contributed by atoms with E-state index in [1.54, 1.807) is 4.90 Å². The molecule has 3 aliphatic rings. The van der Waals surface area contributed by atoms with Crippen LogP contribution in [-0.4, -0.2) is 41.8 Å². The molecule has 1 fully saturated rings. The molecule has 0 aromatic heterocycles. The molecule has 2 heterocycles. The second-order valence-corrected chi connectivity index (χ2v) is 6.44. The highest BCUT2D eigenvalue weighted by atomic mass is 35.5. The lowest BCUT2D eigenvalue weighted by atomic mass is 9.95. The van der Waals surface area contributed by atoms with Crippen molar-refractivity contribution in [2.75, 3.05) is 24.5 Å². The number of carbonyl (C=O) groups is 1. The summed E-state index contributed by atoms with van der Waals surface area (Å²) in [7, 11) is 0. The molecule has 1 aromatic carbocycles. The fourth-order valence-electron chi connectivity index (χ4n) is 3.66. The van der Waals surface area contributed by atoms with Gasteiger partial charge in [-0.1, -0.05) is 17.7 Å². The molecule has 4 rings (SSSR count). The summed E-state index contributed by atoms with van der Waals surface area (Å²) in [5.41, 5.74) is 3.78. The van der Waals surface area contributed by atoms with Gasteiger partial charge >= 0.3 is 6.09 Å². The van der Waals surface area contributed by atoms with Crippen molar-refractivity contribution in [2.45, 2.75) is 31.2 Å². The Morgan fingerprint density at radius 3 is 2.80 bits per heavy atom. The van der Waals surface area contributed by atoms with Crippen molar-refractivity contribution in [1.29, 1.82) is 0 Å². The van der Waals surface area contributed by atoms with Crippen molar-refractivity contribution in [3.05, 3.63) is 28.3 Å². The lowest BCUT2D eigenvalue weighted by molar-refractivity contribution is 0.144. The van der Waals surface area contributed by atoms with Gasteiger partial charge in [0.1, 0.15) is 0 Å². The molecule has 2 aliphatic heterocycles. The summed E-state index contributed by atoms with van der Waals surface area (Å²) in [6, 6.07) is 4.67. The number of halogens is 1. The molecule has 1 amide bonds. The van der Waals surface area contributed by atoms with Crippen LogP contribution in [0.5, 0.6) is 0 Å². The number of hydrogen-bond acceptors (Lipinski definition) is 2. The molecule has 1 aromatic rings. The minimum Gasteiger partial charge on any atom is -0.465 e. The van der Waals surface area contributed by atoms with Gasteiger partial charge in [0, 0.05) is 31.6 Å². The zero-order valence-corrected chi connectivity index (χ0v) is 11.9. The molecular formula is C15H17ClN2O2. The molecule has 106 valence electrons. The average molecular weight is 293 g/mol. The second kappa shape index (κ2) is 4.29. The Kier molecular flexibility index (Phi) is 2.64. The van der Waals surface area contributed by atoms with Crippen molar-refractivity contribution in [1.82, 2.24) is 4.90 Å². The lowest BCUT2D eigenvalue weighted by Gasteiger charge is -2.23. The third-order valence-corrected chi connectivity index (χ3v) is 5.03. The SMILES string of the molecule is O=C(O)N1CCc2ccc(Cl)c3c2[C@@H](C1)CN3C1CC1. The normalized spacial score (nSPS) is 24.6. The van der Waals surface area contributed by atoms with E-state index < -0.39 is 6.09 Å². The standard InChI is InChI=1S/C15H17ClN2O2/c16-12-4-1-9-5-6-17(15(19)20)7-10-8-18(11-2-3-11)14(12)13(9)10/h1,4,10-11H,2-3,5-8H2,(H,19,20)/t10-/m0/s1. The maximum Gasteiger partial charge on any atom is 0.407 e. The molecule has 1 atom stereocenters. The number of nitrogens with zero attached hydrogens (tertiary/aromatic N) is 2. The minimum absolute atomic E-state index is 0.276. The van der Waals surface area contributed by atoms with E-state index in [0.29, 0.717) is 19.1 Å². The smallest absolute Gasteiger partial charge is 0.407 e. The summed E-state index contributed by atoms with van der Waals surface area (Å²) in [4.78, 5) is 15.3. The lowest BCUT2D eigenvalue weighted by Crippen LogP contribution is -2.35. The molecular weight excluding hydrogens is 276 g/mol. The minimum atomic E-state index is -0.810. The van der Waals surface area contributed by atoms with Gasteiger partial charge in [-0.25, -0.2) is 4.79 Å². The van der Waals surface area contributed by atoms with Gasteiger partial charge in [0.25, 0.3) is 0 Å². The van der Waals surface area contributed by atoms with E-state index in [1.165, 1.54) is 29.7 Å². The van der Waals surface area contributed by atoms with Crippen LogP contribution in [0.1, 0.15) is 29.9 Å². The highest BCUT2D eigenvalue weighted by molar-refractivity contribution is 6.33. The Bertz CT molecular complexity index is 585. The Balaban J connectivity index is 1.79. The summed E-state index contributed by atoms with van der Waals surface area (Å²) >= 11 is 6.44. The van der Waals surface area contributed by atoms with E-state index in [9.17, 15) is 9.90 Å². The summed E-state index contributed by atoms with van der Waals surface area (Å²) in [5.74, 6) is 0.276. The monoisotopic (exact) mass is 292 g/mol. The van der Waals surface area contributed by atoms with E-state index in [0.717, 1.165) is 18.0 Å². The molecule has 1 N–H and O–H groups in total. The largest absolute Gasteiger partial charge is 0.465 e. The maximum absolute atomic E-state index is 11.3. The van der Waals surface area contributed by atoms with Gasteiger partial charge in [-0.2, -0.15) is 0 Å². The van der Waals surface area contributed by atoms with Gasteiger partial charge < -0.3 is 14.9 Å². The molecule has 4 nitrogen and oxygen atoms in total. The molecule has 1 saturated carbocycles. The Morgan fingerprint density at radius 2 is 2.10 bits per heavy atom. The molecule has 0 radical (unpaired) electrons. The van der Waals surface area contributed by atoms with Gasteiger partial charge in [0.05, 0.1) is 10.7 Å². The van der Waals surface area contributed by atoms with Gasteiger partial charge in [0.15, 0.2) is 0 Å². The Labute approximate surface area is 122 Å². The van der Waals surface area contributed by atoms with Gasteiger partial charge in [-0.05, 0) is 36.5 Å². The van der Waals surface area contributed by atoms with E-state index in [4.69, 9.17) is 11.6 Å². The predicted molar refractivity (Wildman–Crippen MR) is 77.9 cm³/mol. The van der Waals surface area contributed by atoms with Crippen LogP contribution >= 0.6 is 11.6 Å². The fraction of sp³-hybridized carbons (Fsp3) is 0.533. The summed E-state index contributed by atoms with van der Waals surface area (Å²) < 4.78 is 0. The van der Waals surface area contributed by atoms with Crippen molar-refractivity contribution in [2.24, 2.45) is 0 Å². The van der Waals surface area contributed by atoms with Crippen LogP contribution in [0.2, 0.25) is 5.02 Å². The number of amides is 1. The van der Waals surface area contributed by atoms with Crippen molar-refractivity contribution >= 4 is 23.4 Å². The molecule has 0 unspecified atom stereocenters. The first-order chi connectivity index (χ1) is 9.65. The topological polar surface area (TPSA) is 43.8 Å². The van der Waals surface area contributed by atoms with E-state index >= 15 is 0 Å². The molecule has 0 bridgehead atoms. The maximum atomic E-state index is 11.3. The predicted octanol–water partition coefficient (Wildman–Crippen LogP) is 2.94. The number of carboxylic acid groups (broad SMARTS) is 1. The molecule has 0 spiro atoms. The van der Waals surface area contributed by atoms with Crippen molar-refractivity contribution in [3.63, 3.8) is 0 Å². The van der Waals surface area contributed by atoms with E-state index in [1.807, 2.05) is 6.07 Å². The number of hydrogen-bond donors (Lipinski definition) is 1. The first-order valence-electron chi connectivity index (χ1n) is 7.21. The second-order valence-electron chi connectivity index (χ2n) is 6.03. The Morgan fingerprint density at radius 1 is 1.30 bits per heavy atom. The van der Waals surface area contributed by atoms with Crippen LogP contribution in [-0.2, 0) is 6.42 Å². The Hall–Kier alpha value is -1.42. The first kappa shape index (κ1) is 12.3. The number of anilines is 1. The fourth-order valence-corrected chi connectivity index (χ4v) is 3.94. The van der Waals surface area contributed by atoms with Crippen molar-refractivity contribution in [3.8, 4) is 0 Å². The quantitative estimate of drug-likeness (QED) is 0.865. The van der Waals surface area contributed by atoms with Crippen LogP contribution in [0.25, 0.3) is 0 Å². The molecule has 5 heteroatoms. The van der Waals surface area contributed by atoms with Gasteiger partial charge in [-0.3, -0.25) is 0 Å². The van der Waals surface area contributed by atoms with Gasteiger partial charge in [-0.15, -0.1) is 0 Å². The zero-order chi connectivity index (χ0) is 13.9. The summed E-state index contributed by atoms with van der Waals surface area (Å²) in [5, 5.41) is 10.1. The number of rotatable bonds is 1. The van der Waals surface area contributed by atoms with Gasteiger partial charge in [0.2, 0.25) is 0 Å². The highest BCUT2D eigenvalue weighted by Crippen LogP contribution is 2.48. The average Bonchev–Trinajstić information content (AvgIpc) is 3.20. The van der Waals surface area contributed by atoms with Crippen LogP contribution in [0.15, 0.2) is 12.1 Å². The van der Waals surface area contributed by atoms with Crippen LogP contribution < -0.4 is 4.90 Å². The summed E-state index contributed by atoms with van der Waals surface area (Å²) in [6.07, 6.45) is 2.45. The molecule has 0 saturated heterocycles. The van der Waals surface area contributed by atoms with Crippen LogP contribution in [0, 0.1) is 0 Å². The highest BCUT2D eigenvalue weighted by Gasteiger charge is 2.42. The van der Waals surface area contributed by atoms with E-state index in [2.05, 4.69) is 11.0 Å². The summed E-state index contributed by atoms with van der Waals surface area (Å²) in [6.45, 7) is 2.10. The number of benzene rings is 1. The first-order valence-corrected chi connectivity index (χ1v) is 7.58. The molecule has 20 heavy (non-hydrogen) atoms. The van der Waals surface area contributed by atoms with Crippen LogP contribution in [0.3, 0.4) is 0 Å².